The highest BCUT2D eigenvalue weighted by Gasteiger charge is 1.98. The van der Waals surface area contributed by atoms with Crippen LogP contribution in [0.25, 0.3) is 0 Å². The first-order valence-corrected chi connectivity index (χ1v) is 5.13. The lowest BCUT2D eigenvalue weighted by molar-refractivity contribution is -0.618. The van der Waals surface area contributed by atoms with Crippen LogP contribution in [-0.2, 0) is 19.9 Å². The van der Waals surface area contributed by atoms with Crippen molar-refractivity contribution in [3.63, 3.8) is 0 Å². The third-order valence-corrected chi connectivity index (χ3v) is 1.76. The molecular formula is C9H18O6. The molecule has 0 aliphatic carbocycles. The number of rotatable bonds is 10. The van der Waals surface area contributed by atoms with Crippen molar-refractivity contribution < 1.29 is 29.8 Å². The van der Waals surface area contributed by atoms with Gasteiger partial charge in [0.1, 0.15) is 0 Å². The summed E-state index contributed by atoms with van der Waals surface area (Å²) in [4.78, 5) is 17.8. The normalized spacial score (nSPS) is 10.2. The summed E-state index contributed by atoms with van der Waals surface area (Å²) in [5.41, 5.74) is 0. The van der Waals surface area contributed by atoms with Gasteiger partial charge in [0.25, 0.3) is 0 Å². The van der Waals surface area contributed by atoms with Gasteiger partial charge in [-0.25, -0.2) is 14.6 Å². The molecule has 0 unspecified atom stereocenters. The summed E-state index contributed by atoms with van der Waals surface area (Å²) in [6.07, 6.45) is 5.20. The first-order chi connectivity index (χ1) is 7.27. The van der Waals surface area contributed by atoms with Gasteiger partial charge in [-0.1, -0.05) is 39.0 Å². The summed E-state index contributed by atoms with van der Waals surface area (Å²) in [7, 11) is 0. The fourth-order valence-corrected chi connectivity index (χ4v) is 1.04. The second-order valence-corrected chi connectivity index (χ2v) is 3.08. The van der Waals surface area contributed by atoms with Gasteiger partial charge in [0.05, 0.1) is 6.61 Å². The molecule has 0 rings (SSSR count). The molecule has 0 aromatic carbocycles. The molecule has 0 aliphatic rings. The van der Waals surface area contributed by atoms with Gasteiger partial charge in [-0.2, -0.15) is 0 Å². The molecule has 0 amide bonds. The zero-order valence-corrected chi connectivity index (χ0v) is 8.94. The summed E-state index contributed by atoms with van der Waals surface area (Å²) in [6, 6.07) is 0. The van der Waals surface area contributed by atoms with Crippen molar-refractivity contribution in [3.05, 3.63) is 0 Å². The van der Waals surface area contributed by atoms with E-state index in [1.807, 2.05) is 0 Å². The predicted molar refractivity (Wildman–Crippen MR) is 50.6 cm³/mol. The van der Waals surface area contributed by atoms with Crippen molar-refractivity contribution in [2.75, 3.05) is 6.61 Å². The Bertz CT molecular complexity index is 150. The maximum Gasteiger partial charge on any atom is 0.540 e. The third-order valence-electron chi connectivity index (χ3n) is 1.76. The molecular weight excluding hydrogens is 204 g/mol. The highest BCUT2D eigenvalue weighted by Crippen LogP contribution is 2.04. The highest BCUT2D eigenvalue weighted by molar-refractivity contribution is 5.55. The quantitative estimate of drug-likeness (QED) is 0.348. The van der Waals surface area contributed by atoms with Gasteiger partial charge in [-0.15, -0.1) is 0 Å². The summed E-state index contributed by atoms with van der Waals surface area (Å²) in [6.45, 7) is 2.52. The number of carboxylic acid groups (broad SMARTS) is 1. The lowest BCUT2D eigenvalue weighted by atomic mass is 10.1. The highest BCUT2D eigenvalue weighted by atomic mass is 17.7. The Morgan fingerprint density at radius 1 is 1.07 bits per heavy atom. The summed E-state index contributed by atoms with van der Waals surface area (Å²) in [5, 5.41) is 15.6. The maximum atomic E-state index is 9.75. The van der Waals surface area contributed by atoms with Crippen molar-refractivity contribution in [2.24, 2.45) is 0 Å². The largest absolute Gasteiger partial charge is 0.540 e. The SMILES string of the molecule is CCCCCCCCOOOOC(=O)O. The maximum absolute atomic E-state index is 9.75. The second-order valence-electron chi connectivity index (χ2n) is 3.08. The van der Waals surface area contributed by atoms with Gasteiger partial charge in [-0.3, -0.25) is 0 Å². The van der Waals surface area contributed by atoms with Crippen LogP contribution in [0.4, 0.5) is 4.79 Å². The zero-order chi connectivity index (χ0) is 11.4. The lowest BCUT2D eigenvalue weighted by Gasteiger charge is -2.00. The molecule has 1 N–H and O–H groups in total. The first kappa shape index (κ1) is 14.2. The van der Waals surface area contributed by atoms with Gasteiger partial charge >= 0.3 is 6.16 Å². The molecule has 0 saturated carbocycles. The molecule has 15 heavy (non-hydrogen) atoms. The van der Waals surface area contributed by atoms with E-state index in [1.165, 1.54) is 25.7 Å². The molecule has 6 heteroatoms. The third kappa shape index (κ3) is 13.2. The molecule has 0 radical (unpaired) electrons. The van der Waals surface area contributed by atoms with Crippen LogP contribution < -0.4 is 0 Å². The minimum Gasteiger partial charge on any atom is -0.448 e. The van der Waals surface area contributed by atoms with Gasteiger partial charge in [0, 0.05) is 5.04 Å². The number of unbranched alkanes of at least 4 members (excludes halogenated alkanes) is 5. The van der Waals surface area contributed by atoms with Crippen LogP contribution in [0, 0.1) is 0 Å². The van der Waals surface area contributed by atoms with E-state index in [9.17, 15) is 4.79 Å². The van der Waals surface area contributed by atoms with Crippen molar-refractivity contribution >= 4 is 6.16 Å². The minimum absolute atomic E-state index is 0.356. The molecule has 0 heterocycles. The van der Waals surface area contributed by atoms with Crippen LogP contribution in [0.3, 0.4) is 0 Å². The van der Waals surface area contributed by atoms with E-state index in [4.69, 9.17) is 5.11 Å². The van der Waals surface area contributed by atoms with Crippen LogP contribution in [-0.4, -0.2) is 17.9 Å². The van der Waals surface area contributed by atoms with Gasteiger partial charge in [0.15, 0.2) is 0 Å². The van der Waals surface area contributed by atoms with Crippen molar-refractivity contribution in [3.8, 4) is 0 Å². The van der Waals surface area contributed by atoms with Crippen LogP contribution in [0.5, 0.6) is 0 Å². The molecule has 6 nitrogen and oxygen atoms in total. The Hall–Kier alpha value is -0.850. The van der Waals surface area contributed by atoms with E-state index in [-0.39, 0.29) is 0 Å². The molecule has 0 fully saturated rings. The molecule has 90 valence electrons. The van der Waals surface area contributed by atoms with Crippen LogP contribution >= 0.6 is 0 Å². The molecule has 0 saturated heterocycles. The van der Waals surface area contributed by atoms with Crippen molar-refractivity contribution in [1.82, 2.24) is 0 Å². The first-order valence-electron chi connectivity index (χ1n) is 5.13. The Balaban J connectivity index is 2.89. The van der Waals surface area contributed by atoms with E-state index in [0.717, 1.165) is 12.8 Å². The number of hydrogen-bond donors (Lipinski definition) is 1. The Morgan fingerprint density at radius 2 is 1.73 bits per heavy atom. The van der Waals surface area contributed by atoms with Gasteiger partial charge in [-0.05, 0) is 11.5 Å². The summed E-state index contributed by atoms with van der Waals surface area (Å²) < 4.78 is 0. The van der Waals surface area contributed by atoms with Crippen molar-refractivity contribution in [2.45, 2.75) is 45.4 Å². The summed E-state index contributed by atoms with van der Waals surface area (Å²) >= 11 is 0. The predicted octanol–water partition coefficient (Wildman–Crippen LogP) is 2.84. The fourth-order valence-electron chi connectivity index (χ4n) is 1.04. The average molecular weight is 222 g/mol. The van der Waals surface area contributed by atoms with E-state index < -0.39 is 6.16 Å². The van der Waals surface area contributed by atoms with Gasteiger partial charge in [0.2, 0.25) is 0 Å². The van der Waals surface area contributed by atoms with Crippen LogP contribution in [0.1, 0.15) is 45.4 Å². The topological polar surface area (TPSA) is 74.2 Å². The smallest absolute Gasteiger partial charge is 0.448 e. The number of hydrogen-bond acceptors (Lipinski definition) is 5. The van der Waals surface area contributed by atoms with Crippen LogP contribution in [0.15, 0.2) is 0 Å². The number of carbonyl (C=O) groups is 1. The van der Waals surface area contributed by atoms with Gasteiger partial charge < -0.3 is 5.11 Å². The molecule has 0 atom stereocenters. The van der Waals surface area contributed by atoms with E-state index in [1.54, 1.807) is 0 Å². The summed E-state index contributed by atoms with van der Waals surface area (Å²) in [5.74, 6) is 0. The van der Waals surface area contributed by atoms with Crippen LogP contribution in [0.2, 0.25) is 0 Å². The molecule has 0 aliphatic heterocycles. The monoisotopic (exact) mass is 222 g/mol. The lowest BCUT2D eigenvalue weighted by Crippen LogP contribution is -2.04. The molecule has 0 bridgehead atoms. The average Bonchev–Trinajstić information content (AvgIpc) is 2.20. The van der Waals surface area contributed by atoms with E-state index in [2.05, 4.69) is 26.8 Å². The van der Waals surface area contributed by atoms with E-state index >= 15 is 0 Å². The standard InChI is InChI=1S/C9H18O6/c1-2-3-4-5-6-7-8-12-14-15-13-9(10)11/h2-8H2,1H3,(H,10,11). The molecule has 0 aromatic rings. The second kappa shape index (κ2) is 11.2. The molecule has 0 spiro atoms. The van der Waals surface area contributed by atoms with Crippen molar-refractivity contribution in [1.29, 1.82) is 0 Å². The minimum atomic E-state index is -1.59. The Labute approximate surface area is 88.9 Å². The van der Waals surface area contributed by atoms with E-state index in [0.29, 0.717) is 6.61 Å². The Kier molecular flexibility index (Phi) is 10.6. The Morgan fingerprint density at radius 3 is 2.40 bits per heavy atom. The molecule has 0 aromatic heterocycles. The zero-order valence-electron chi connectivity index (χ0n) is 8.94. The fraction of sp³-hybridized carbons (Fsp3) is 0.889.